The van der Waals surface area contributed by atoms with Crippen molar-refractivity contribution in [1.29, 1.82) is 0 Å². The number of likely N-dealkylation sites (tertiary alicyclic amines) is 1. The topological polar surface area (TPSA) is 97.2 Å². The molecule has 0 saturated carbocycles. The van der Waals surface area contributed by atoms with Gasteiger partial charge in [-0.05, 0) is 56.1 Å². The number of amides is 1. The summed E-state index contributed by atoms with van der Waals surface area (Å²) in [6, 6.07) is 11.7. The predicted octanol–water partition coefficient (Wildman–Crippen LogP) is 4.01. The van der Waals surface area contributed by atoms with Crippen LogP contribution in [-0.2, 0) is 21.2 Å². The number of nitrogens with one attached hydrogen (secondary N) is 1. The number of hydrogen-bond acceptors (Lipinski definition) is 7. The fraction of sp³-hybridized carbons (Fsp3) is 0.346. The molecule has 3 heterocycles. The molecule has 1 fully saturated rings. The van der Waals surface area contributed by atoms with Gasteiger partial charge in [0.2, 0.25) is 0 Å². The van der Waals surface area contributed by atoms with Crippen LogP contribution in [-0.4, -0.2) is 53.1 Å². The number of benzene rings is 1. The van der Waals surface area contributed by atoms with Crippen molar-refractivity contribution in [2.75, 3.05) is 18.8 Å². The quantitative estimate of drug-likeness (QED) is 0.479. The van der Waals surface area contributed by atoms with Gasteiger partial charge in [0, 0.05) is 23.5 Å². The van der Waals surface area contributed by atoms with Crippen molar-refractivity contribution in [3.05, 3.63) is 77.4 Å². The van der Waals surface area contributed by atoms with Gasteiger partial charge in [-0.25, -0.2) is 13.1 Å². The third-order valence-electron chi connectivity index (χ3n) is 6.48. The largest absolute Gasteiger partial charge is 0.377 e. The van der Waals surface area contributed by atoms with Crippen LogP contribution in [0.3, 0.4) is 0 Å². The number of fused-ring (bicyclic) bond motifs is 1. The molecular weight excluding hydrogens is 494 g/mol. The summed E-state index contributed by atoms with van der Waals surface area (Å²) in [7, 11) is -3.42. The molecule has 0 unspecified atom stereocenters. The molecule has 1 N–H and O–H groups in total. The number of sulfone groups is 1. The summed E-state index contributed by atoms with van der Waals surface area (Å²) >= 11 is 1.21. The zero-order valence-corrected chi connectivity index (χ0v) is 21.5. The summed E-state index contributed by atoms with van der Waals surface area (Å²) in [5.74, 6) is -0.183. The molecule has 0 spiro atoms. The van der Waals surface area contributed by atoms with E-state index in [4.69, 9.17) is 0 Å². The van der Waals surface area contributed by atoms with E-state index in [0.29, 0.717) is 22.4 Å². The molecule has 1 aliphatic carbocycles. The monoisotopic (exact) mass is 523 g/mol. The molecule has 5 rings (SSSR count). The number of para-hydroxylation sites is 1. The van der Waals surface area contributed by atoms with Gasteiger partial charge in [-0.1, -0.05) is 41.7 Å². The van der Waals surface area contributed by atoms with E-state index < -0.39 is 9.84 Å². The fourth-order valence-electron chi connectivity index (χ4n) is 4.51. The number of carbonyl (C=O) groups excluding carboxylic acids is 1. The van der Waals surface area contributed by atoms with Crippen LogP contribution in [0.25, 0.3) is 11.0 Å². The summed E-state index contributed by atoms with van der Waals surface area (Å²) in [5, 5.41) is 11.5. The van der Waals surface area contributed by atoms with Crippen LogP contribution in [0.2, 0.25) is 0 Å². The van der Waals surface area contributed by atoms with Crippen molar-refractivity contribution in [3.63, 3.8) is 0 Å². The van der Waals surface area contributed by atoms with Gasteiger partial charge in [0.05, 0.1) is 23.9 Å². The van der Waals surface area contributed by atoms with Crippen molar-refractivity contribution in [2.24, 2.45) is 0 Å². The average Bonchev–Trinajstić information content (AvgIpc) is 3.56. The van der Waals surface area contributed by atoms with Crippen LogP contribution in [0.1, 0.15) is 36.6 Å². The predicted molar refractivity (Wildman–Crippen MR) is 141 cm³/mol. The first-order valence-electron chi connectivity index (χ1n) is 12.2. The highest BCUT2D eigenvalue weighted by atomic mass is 32.2. The third-order valence-corrected chi connectivity index (χ3v) is 9.75. The van der Waals surface area contributed by atoms with Crippen molar-refractivity contribution >= 4 is 38.1 Å². The van der Waals surface area contributed by atoms with Crippen LogP contribution in [0, 0.1) is 0 Å². The molecule has 0 bridgehead atoms. The minimum absolute atomic E-state index is 0.0510. The summed E-state index contributed by atoms with van der Waals surface area (Å²) in [6.07, 6.45) is 13.0. The molecule has 36 heavy (non-hydrogen) atoms. The van der Waals surface area contributed by atoms with Crippen LogP contribution >= 0.6 is 11.3 Å². The molecule has 2 aromatic heterocycles. The molecular formula is C26H29N5O3S2. The molecule has 1 aliphatic heterocycles. The summed E-state index contributed by atoms with van der Waals surface area (Å²) in [6.45, 7) is 1.99. The van der Waals surface area contributed by atoms with E-state index in [0.717, 1.165) is 54.7 Å². The molecule has 3 aromatic rings. The van der Waals surface area contributed by atoms with E-state index in [1.165, 1.54) is 11.3 Å². The molecule has 1 aromatic carbocycles. The normalized spacial score (nSPS) is 17.1. The van der Waals surface area contributed by atoms with Gasteiger partial charge in [-0.3, -0.25) is 4.79 Å². The van der Waals surface area contributed by atoms with E-state index in [1.54, 1.807) is 18.2 Å². The maximum Gasteiger partial charge on any atom is 0.251 e. The Balaban J connectivity index is 1.11. The summed E-state index contributed by atoms with van der Waals surface area (Å²) in [5.41, 5.74) is 2.62. The van der Waals surface area contributed by atoms with E-state index in [1.807, 2.05) is 53.4 Å². The zero-order valence-electron chi connectivity index (χ0n) is 19.9. The minimum atomic E-state index is -3.42. The Bertz CT molecular complexity index is 1430. The van der Waals surface area contributed by atoms with Crippen molar-refractivity contribution in [2.45, 2.75) is 42.5 Å². The van der Waals surface area contributed by atoms with E-state index >= 15 is 0 Å². The first kappa shape index (κ1) is 24.5. The maximum absolute atomic E-state index is 12.8. The van der Waals surface area contributed by atoms with Gasteiger partial charge in [-0.15, -0.1) is 16.4 Å². The molecule has 0 radical (unpaired) electrons. The van der Waals surface area contributed by atoms with Gasteiger partial charge in [0.1, 0.15) is 9.73 Å². The standard InChI is InChI=1S/C26H29N5O3S2/c32-26(20-7-2-1-3-8-20)27-19-22-11-12-25(35-22)36(33,34)18-6-15-30-16-13-21(14-17-30)31-24-10-5-4-9-23(24)28-29-31/h2,4-12,15,21H,1,3,13-14,16-19H2,(H,27,32). The zero-order chi connectivity index (χ0) is 25.0. The van der Waals surface area contributed by atoms with Crippen LogP contribution in [0.4, 0.5) is 0 Å². The lowest BCUT2D eigenvalue weighted by Crippen LogP contribution is -2.31. The SMILES string of the molecule is O=C(NCc1ccc(S(=O)(=O)CC=CN2CCC(n3nnc4ccccc43)CC2)s1)C1=CCCC=C1. The van der Waals surface area contributed by atoms with Gasteiger partial charge in [-0.2, -0.15) is 0 Å². The Morgan fingerprint density at radius 1 is 1.14 bits per heavy atom. The van der Waals surface area contributed by atoms with Gasteiger partial charge >= 0.3 is 0 Å². The number of thiophene rings is 1. The first-order chi connectivity index (χ1) is 17.5. The number of piperidine rings is 1. The summed E-state index contributed by atoms with van der Waals surface area (Å²) in [4.78, 5) is 15.2. The Labute approximate surface area is 214 Å². The molecule has 10 heteroatoms. The van der Waals surface area contributed by atoms with E-state index in [2.05, 4.69) is 20.5 Å². The van der Waals surface area contributed by atoms with Crippen molar-refractivity contribution < 1.29 is 13.2 Å². The number of rotatable bonds is 8. The number of nitrogens with zero attached hydrogens (tertiary/aromatic N) is 4. The van der Waals surface area contributed by atoms with Gasteiger partial charge in [0.15, 0.2) is 9.84 Å². The number of allylic oxidation sites excluding steroid dienone is 2. The molecule has 1 amide bonds. The molecule has 2 aliphatic rings. The first-order valence-corrected chi connectivity index (χ1v) is 14.6. The lowest BCUT2D eigenvalue weighted by Gasteiger charge is -2.31. The number of aromatic nitrogens is 3. The van der Waals surface area contributed by atoms with Crippen molar-refractivity contribution in [3.8, 4) is 0 Å². The lowest BCUT2D eigenvalue weighted by atomic mass is 10.1. The Hall–Kier alpha value is -3.24. The Morgan fingerprint density at radius 3 is 2.78 bits per heavy atom. The second kappa shape index (κ2) is 10.8. The summed E-state index contributed by atoms with van der Waals surface area (Å²) < 4.78 is 28.0. The minimum Gasteiger partial charge on any atom is -0.377 e. The number of hydrogen-bond donors (Lipinski definition) is 1. The molecule has 1 saturated heterocycles. The van der Waals surface area contributed by atoms with Gasteiger partial charge in [0.25, 0.3) is 5.91 Å². The van der Waals surface area contributed by atoms with Crippen molar-refractivity contribution in [1.82, 2.24) is 25.2 Å². The Kier molecular flexibility index (Phi) is 7.33. The maximum atomic E-state index is 12.8. The van der Waals surface area contributed by atoms with Crippen LogP contribution in [0.15, 0.2) is 76.7 Å². The fourth-order valence-corrected chi connectivity index (χ4v) is 7.00. The van der Waals surface area contributed by atoms with E-state index in [-0.39, 0.29) is 11.7 Å². The second-order valence-corrected chi connectivity index (χ2v) is 12.4. The molecule has 188 valence electrons. The average molecular weight is 524 g/mol. The highest BCUT2D eigenvalue weighted by Crippen LogP contribution is 2.26. The lowest BCUT2D eigenvalue weighted by molar-refractivity contribution is -0.117. The highest BCUT2D eigenvalue weighted by Gasteiger charge is 2.22. The highest BCUT2D eigenvalue weighted by molar-refractivity contribution is 7.93. The smallest absolute Gasteiger partial charge is 0.251 e. The van der Waals surface area contributed by atoms with Gasteiger partial charge < -0.3 is 10.2 Å². The van der Waals surface area contributed by atoms with Crippen LogP contribution < -0.4 is 5.32 Å². The second-order valence-electron chi connectivity index (χ2n) is 9.00. The number of carbonyl (C=O) groups is 1. The Morgan fingerprint density at radius 2 is 1.97 bits per heavy atom. The van der Waals surface area contributed by atoms with E-state index in [9.17, 15) is 13.2 Å². The third kappa shape index (κ3) is 5.60. The molecule has 0 atom stereocenters. The van der Waals surface area contributed by atoms with Crippen LogP contribution in [0.5, 0.6) is 0 Å². The molecule has 8 nitrogen and oxygen atoms in total.